The Morgan fingerprint density at radius 3 is 2.75 bits per heavy atom. The topological polar surface area (TPSA) is 18.5 Å². The summed E-state index contributed by atoms with van der Waals surface area (Å²) in [6.07, 6.45) is 0. The second kappa shape index (κ2) is 5.66. The van der Waals surface area contributed by atoms with Gasteiger partial charge in [0.15, 0.2) is 0 Å². The summed E-state index contributed by atoms with van der Waals surface area (Å²) in [6.45, 7) is 0.536. The molecule has 3 aromatic carbocycles. The summed E-state index contributed by atoms with van der Waals surface area (Å²) in [5.41, 5.74) is 1.18. The second-order valence-electron chi connectivity index (χ2n) is 4.52. The lowest BCUT2D eigenvalue weighted by molar-refractivity contribution is 0.305. The van der Waals surface area contributed by atoms with Gasteiger partial charge in [0, 0.05) is 12.1 Å². The van der Waals surface area contributed by atoms with Gasteiger partial charge in [-0.15, -0.1) is 0 Å². The highest BCUT2D eigenvalue weighted by Crippen LogP contribution is 2.22. The molecule has 20 heavy (non-hydrogen) atoms. The van der Waals surface area contributed by atoms with E-state index in [1.807, 2.05) is 24.3 Å². The summed E-state index contributed by atoms with van der Waals surface area (Å²) >= 11 is 0. The van der Waals surface area contributed by atoms with Gasteiger partial charge in [-0.1, -0.05) is 42.5 Å². The highest BCUT2D eigenvalue weighted by atomic mass is 16.5. The summed E-state index contributed by atoms with van der Waals surface area (Å²) in [5.74, 6) is 1.47. The summed E-state index contributed by atoms with van der Waals surface area (Å²) in [7, 11) is 1.63. The molecule has 0 heterocycles. The van der Waals surface area contributed by atoms with Crippen molar-refractivity contribution in [2.45, 2.75) is 6.61 Å². The van der Waals surface area contributed by atoms with Crippen LogP contribution in [0.15, 0.2) is 60.7 Å². The van der Waals surface area contributed by atoms with Crippen molar-refractivity contribution in [1.29, 1.82) is 0 Å². The monoisotopic (exact) mass is 263 g/mol. The Balaban J connectivity index is 1.83. The largest absolute Gasteiger partial charge is 0.496 e. The molecule has 99 valence electrons. The molecule has 0 fully saturated rings. The summed E-state index contributed by atoms with van der Waals surface area (Å²) < 4.78 is 11.0. The molecule has 2 nitrogen and oxygen atoms in total. The van der Waals surface area contributed by atoms with Crippen LogP contribution in [0.4, 0.5) is 0 Å². The third-order valence-corrected chi connectivity index (χ3v) is 3.24. The van der Waals surface area contributed by atoms with Gasteiger partial charge >= 0.3 is 0 Å². The van der Waals surface area contributed by atoms with Gasteiger partial charge in [0.1, 0.15) is 18.1 Å². The average Bonchev–Trinajstić information content (AvgIpc) is 2.53. The Bertz CT molecular complexity index is 714. The first-order valence-corrected chi connectivity index (χ1v) is 6.52. The van der Waals surface area contributed by atoms with Crippen molar-refractivity contribution in [3.8, 4) is 11.5 Å². The zero-order valence-electron chi connectivity index (χ0n) is 11.3. The molecule has 0 aliphatic rings. The molecule has 0 unspecified atom stereocenters. The van der Waals surface area contributed by atoms with E-state index >= 15 is 0 Å². The molecule has 3 rings (SSSR count). The molecule has 0 aliphatic carbocycles. The second-order valence-corrected chi connectivity index (χ2v) is 4.52. The Kier molecular flexibility index (Phi) is 3.55. The summed E-state index contributed by atoms with van der Waals surface area (Å²) in [6, 6.07) is 23.1. The molecule has 0 atom stereocenters. The maximum Gasteiger partial charge on any atom is 0.130 e. The molecule has 0 amide bonds. The minimum atomic E-state index is 0.536. The van der Waals surface area contributed by atoms with E-state index in [-0.39, 0.29) is 0 Å². The molecule has 0 saturated carbocycles. The number of hydrogen-bond donors (Lipinski definition) is 0. The average molecular weight is 263 g/mol. The lowest BCUT2D eigenvalue weighted by Gasteiger charge is -2.09. The SMILES string of the molecule is COc1[c]ccc(OCc2cccc3ccccc23)c1. The molecule has 0 aliphatic heterocycles. The van der Waals surface area contributed by atoms with E-state index in [0.29, 0.717) is 12.4 Å². The molecule has 0 saturated heterocycles. The normalized spacial score (nSPS) is 10.4. The van der Waals surface area contributed by atoms with Crippen LogP contribution in [0.5, 0.6) is 11.5 Å². The minimum Gasteiger partial charge on any atom is -0.496 e. The van der Waals surface area contributed by atoms with E-state index in [0.717, 1.165) is 5.75 Å². The molecule has 2 heteroatoms. The molecular weight excluding hydrogens is 248 g/mol. The van der Waals surface area contributed by atoms with Gasteiger partial charge in [-0.05, 0) is 28.5 Å². The minimum absolute atomic E-state index is 0.536. The Labute approximate surface area is 118 Å². The number of methoxy groups -OCH3 is 1. The first-order valence-electron chi connectivity index (χ1n) is 6.52. The Morgan fingerprint density at radius 2 is 1.85 bits per heavy atom. The fraction of sp³-hybridized carbons (Fsp3) is 0.111. The zero-order chi connectivity index (χ0) is 13.8. The van der Waals surface area contributed by atoms with Gasteiger partial charge in [-0.3, -0.25) is 0 Å². The van der Waals surface area contributed by atoms with E-state index in [9.17, 15) is 0 Å². The highest BCUT2D eigenvalue weighted by Gasteiger charge is 2.02. The van der Waals surface area contributed by atoms with E-state index in [1.54, 1.807) is 13.2 Å². The lowest BCUT2D eigenvalue weighted by Crippen LogP contribution is -1.96. The van der Waals surface area contributed by atoms with Gasteiger partial charge in [0.25, 0.3) is 0 Å². The first-order chi connectivity index (χ1) is 9.86. The van der Waals surface area contributed by atoms with Crippen LogP contribution in [-0.2, 0) is 6.61 Å². The van der Waals surface area contributed by atoms with Crippen LogP contribution in [0.25, 0.3) is 10.8 Å². The molecule has 0 bridgehead atoms. The van der Waals surface area contributed by atoms with Gasteiger partial charge in [-0.2, -0.15) is 0 Å². The van der Waals surface area contributed by atoms with E-state index in [2.05, 4.69) is 36.4 Å². The quantitative estimate of drug-likeness (QED) is 0.701. The number of hydrogen-bond acceptors (Lipinski definition) is 2. The fourth-order valence-corrected chi connectivity index (χ4v) is 2.21. The van der Waals surface area contributed by atoms with Crippen molar-refractivity contribution in [2.24, 2.45) is 0 Å². The summed E-state index contributed by atoms with van der Waals surface area (Å²) in [4.78, 5) is 0. The number of benzene rings is 3. The molecule has 0 N–H and O–H groups in total. The molecule has 0 spiro atoms. The van der Waals surface area contributed by atoms with Crippen molar-refractivity contribution in [3.05, 3.63) is 72.3 Å². The van der Waals surface area contributed by atoms with Crippen molar-refractivity contribution >= 4 is 10.8 Å². The Morgan fingerprint density at radius 1 is 1.00 bits per heavy atom. The standard InChI is InChI=1S/C18H15O2/c1-19-16-9-5-10-17(12-16)20-13-15-8-4-7-14-6-2-3-11-18(14)15/h2-8,10-12H,13H2,1H3. The highest BCUT2D eigenvalue weighted by molar-refractivity contribution is 5.85. The van der Waals surface area contributed by atoms with Crippen molar-refractivity contribution in [3.63, 3.8) is 0 Å². The number of ether oxygens (including phenoxy) is 2. The maximum absolute atomic E-state index is 5.84. The first kappa shape index (κ1) is 12.5. The van der Waals surface area contributed by atoms with Crippen LogP contribution in [0.3, 0.4) is 0 Å². The Hall–Kier alpha value is -2.48. The van der Waals surface area contributed by atoms with Crippen LogP contribution in [0, 0.1) is 6.07 Å². The molecule has 0 aromatic heterocycles. The fourth-order valence-electron chi connectivity index (χ4n) is 2.21. The smallest absolute Gasteiger partial charge is 0.130 e. The molecular formula is C18H15O2. The van der Waals surface area contributed by atoms with Gasteiger partial charge in [0.2, 0.25) is 0 Å². The van der Waals surface area contributed by atoms with Gasteiger partial charge < -0.3 is 9.47 Å². The van der Waals surface area contributed by atoms with Gasteiger partial charge in [-0.25, -0.2) is 0 Å². The van der Waals surface area contributed by atoms with Gasteiger partial charge in [0.05, 0.1) is 7.11 Å². The van der Waals surface area contributed by atoms with Crippen LogP contribution >= 0.6 is 0 Å². The zero-order valence-corrected chi connectivity index (χ0v) is 11.3. The van der Waals surface area contributed by atoms with Crippen molar-refractivity contribution < 1.29 is 9.47 Å². The maximum atomic E-state index is 5.84. The van der Waals surface area contributed by atoms with Crippen LogP contribution < -0.4 is 9.47 Å². The van der Waals surface area contributed by atoms with E-state index in [4.69, 9.17) is 9.47 Å². The predicted molar refractivity (Wildman–Crippen MR) is 80.1 cm³/mol. The van der Waals surface area contributed by atoms with Crippen LogP contribution in [0.1, 0.15) is 5.56 Å². The summed E-state index contributed by atoms with van der Waals surface area (Å²) in [5, 5.41) is 2.46. The third-order valence-electron chi connectivity index (χ3n) is 3.24. The number of rotatable bonds is 4. The van der Waals surface area contributed by atoms with E-state index in [1.165, 1.54) is 16.3 Å². The predicted octanol–water partition coefficient (Wildman–Crippen LogP) is 4.23. The third kappa shape index (κ3) is 2.59. The van der Waals surface area contributed by atoms with Crippen molar-refractivity contribution in [2.75, 3.05) is 7.11 Å². The van der Waals surface area contributed by atoms with E-state index < -0.39 is 0 Å². The molecule has 1 radical (unpaired) electrons. The molecule has 3 aromatic rings. The number of fused-ring (bicyclic) bond motifs is 1. The van der Waals surface area contributed by atoms with Crippen LogP contribution in [0.2, 0.25) is 0 Å². The van der Waals surface area contributed by atoms with Crippen molar-refractivity contribution in [1.82, 2.24) is 0 Å². The lowest BCUT2D eigenvalue weighted by atomic mass is 10.1. The van der Waals surface area contributed by atoms with Crippen LogP contribution in [-0.4, -0.2) is 7.11 Å².